The van der Waals surface area contributed by atoms with Crippen molar-refractivity contribution in [2.45, 2.75) is 57.9 Å². The number of nitrogens with one attached hydrogen (secondary N) is 1. The van der Waals surface area contributed by atoms with Gasteiger partial charge in [-0.2, -0.15) is 0 Å². The summed E-state index contributed by atoms with van der Waals surface area (Å²) in [6.07, 6.45) is 0.294. The number of ether oxygens (including phenoxy) is 3. The maximum absolute atomic E-state index is 12.4. The van der Waals surface area contributed by atoms with Gasteiger partial charge >= 0.3 is 18.2 Å². The van der Waals surface area contributed by atoms with Gasteiger partial charge in [-0.15, -0.1) is 0 Å². The van der Waals surface area contributed by atoms with Gasteiger partial charge in [0.15, 0.2) is 6.04 Å². The number of aliphatic carboxylic acids is 1. The molecule has 0 aromatic heterocycles. The number of rotatable bonds is 8. The summed E-state index contributed by atoms with van der Waals surface area (Å²) in [6, 6.07) is 7.94. The molecule has 0 saturated carbocycles. The Kier molecular flexibility index (Phi) is 8.46. The lowest BCUT2D eigenvalue weighted by Gasteiger charge is -2.25. The van der Waals surface area contributed by atoms with Crippen LogP contribution < -0.4 is 5.32 Å². The van der Waals surface area contributed by atoms with E-state index < -0.39 is 29.8 Å². The van der Waals surface area contributed by atoms with Gasteiger partial charge in [0, 0.05) is 6.54 Å². The molecule has 1 aromatic rings. The number of amides is 2. The molecule has 2 amide bonds. The SMILES string of the molecule is CC(C)(C)OC(=O)NC(COCC1CCCN1C(=O)OCc1ccccc1)C(=O)O. The van der Waals surface area contributed by atoms with E-state index in [1.807, 2.05) is 30.3 Å². The highest BCUT2D eigenvalue weighted by molar-refractivity contribution is 5.80. The van der Waals surface area contributed by atoms with Crippen LogP contribution in [0.2, 0.25) is 0 Å². The Balaban J connectivity index is 1.79. The van der Waals surface area contributed by atoms with Crippen LogP contribution in [-0.2, 0) is 25.6 Å². The van der Waals surface area contributed by atoms with Gasteiger partial charge in [0.05, 0.1) is 19.3 Å². The molecule has 0 spiro atoms. The van der Waals surface area contributed by atoms with E-state index in [0.29, 0.717) is 6.54 Å². The largest absolute Gasteiger partial charge is 0.480 e. The second kappa shape index (κ2) is 10.8. The van der Waals surface area contributed by atoms with Crippen molar-refractivity contribution in [3.63, 3.8) is 0 Å². The highest BCUT2D eigenvalue weighted by Gasteiger charge is 2.31. The van der Waals surface area contributed by atoms with E-state index in [1.165, 1.54) is 0 Å². The Hall–Kier alpha value is -2.81. The van der Waals surface area contributed by atoms with E-state index in [0.717, 1.165) is 18.4 Å². The molecular weight excluding hydrogens is 392 g/mol. The predicted molar refractivity (Wildman–Crippen MR) is 108 cm³/mol. The summed E-state index contributed by atoms with van der Waals surface area (Å²) in [6.45, 7) is 5.71. The first-order valence-electron chi connectivity index (χ1n) is 9.93. The van der Waals surface area contributed by atoms with Crippen LogP contribution in [0.3, 0.4) is 0 Å². The molecule has 2 N–H and O–H groups in total. The van der Waals surface area contributed by atoms with E-state index in [4.69, 9.17) is 14.2 Å². The first kappa shape index (κ1) is 23.5. The van der Waals surface area contributed by atoms with Crippen molar-refractivity contribution in [2.24, 2.45) is 0 Å². The fourth-order valence-electron chi connectivity index (χ4n) is 3.00. The van der Waals surface area contributed by atoms with Crippen LogP contribution in [0.4, 0.5) is 9.59 Å². The van der Waals surface area contributed by atoms with E-state index in [1.54, 1.807) is 25.7 Å². The second-order valence-corrected chi connectivity index (χ2v) is 8.10. The van der Waals surface area contributed by atoms with Crippen molar-refractivity contribution in [2.75, 3.05) is 19.8 Å². The predicted octanol–water partition coefficient (Wildman–Crippen LogP) is 2.78. The van der Waals surface area contributed by atoms with Crippen molar-refractivity contribution >= 4 is 18.2 Å². The molecule has 1 aromatic carbocycles. The topological polar surface area (TPSA) is 114 Å². The molecule has 30 heavy (non-hydrogen) atoms. The summed E-state index contributed by atoms with van der Waals surface area (Å²) in [5.41, 5.74) is 0.161. The zero-order valence-electron chi connectivity index (χ0n) is 17.6. The third-order valence-electron chi connectivity index (χ3n) is 4.40. The number of carbonyl (C=O) groups is 3. The number of hydrogen-bond acceptors (Lipinski definition) is 6. The summed E-state index contributed by atoms with van der Waals surface area (Å²) in [7, 11) is 0. The fourth-order valence-corrected chi connectivity index (χ4v) is 3.00. The summed E-state index contributed by atoms with van der Waals surface area (Å²) in [4.78, 5) is 37.2. The van der Waals surface area contributed by atoms with Gasteiger partial charge < -0.3 is 29.5 Å². The quantitative estimate of drug-likeness (QED) is 0.662. The van der Waals surface area contributed by atoms with Gasteiger partial charge in [-0.25, -0.2) is 14.4 Å². The first-order valence-corrected chi connectivity index (χ1v) is 9.93. The molecule has 2 rings (SSSR count). The minimum absolute atomic E-state index is 0.153. The number of hydrogen-bond donors (Lipinski definition) is 2. The number of carbonyl (C=O) groups excluding carboxylic acids is 2. The molecule has 0 aliphatic carbocycles. The van der Waals surface area contributed by atoms with Crippen LogP contribution in [0, 0.1) is 0 Å². The lowest BCUT2D eigenvalue weighted by atomic mass is 10.2. The van der Waals surface area contributed by atoms with Crippen LogP contribution in [-0.4, -0.2) is 65.6 Å². The summed E-state index contributed by atoms with van der Waals surface area (Å²) < 4.78 is 16.0. The summed E-state index contributed by atoms with van der Waals surface area (Å²) in [5.74, 6) is -1.23. The standard InChI is InChI=1S/C21H30N2O7/c1-21(2,3)30-19(26)22-17(18(24)25)14-28-13-16-10-7-11-23(16)20(27)29-12-15-8-5-4-6-9-15/h4-6,8-9,16-17H,7,10-14H2,1-3H3,(H,22,26)(H,24,25). The van der Waals surface area contributed by atoms with Gasteiger partial charge in [-0.05, 0) is 39.2 Å². The zero-order valence-corrected chi connectivity index (χ0v) is 17.6. The maximum atomic E-state index is 12.4. The number of carboxylic acids is 1. The highest BCUT2D eigenvalue weighted by Crippen LogP contribution is 2.19. The summed E-state index contributed by atoms with van der Waals surface area (Å²) >= 11 is 0. The third kappa shape index (κ3) is 7.90. The Morgan fingerprint density at radius 1 is 1.23 bits per heavy atom. The molecule has 1 saturated heterocycles. The average Bonchev–Trinajstić information content (AvgIpc) is 3.13. The molecular formula is C21H30N2O7. The van der Waals surface area contributed by atoms with Crippen LogP contribution in [0.1, 0.15) is 39.2 Å². The van der Waals surface area contributed by atoms with Gasteiger partial charge in [0.25, 0.3) is 0 Å². The summed E-state index contributed by atoms with van der Waals surface area (Å²) in [5, 5.41) is 11.6. The molecule has 166 valence electrons. The maximum Gasteiger partial charge on any atom is 0.410 e. The van der Waals surface area contributed by atoms with E-state index in [2.05, 4.69) is 5.32 Å². The van der Waals surface area contributed by atoms with Crippen molar-refractivity contribution in [3.8, 4) is 0 Å². The van der Waals surface area contributed by atoms with Crippen LogP contribution in [0.5, 0.6) is 0 Å². The fraction of sp³-hybridized carbons (Fsp3) is 0.571. The van der Waals surface area contributed by atoms with Crippen LogP contribution in [0.25, 0.3) is 0 Å². The number of carboxylic acid groups (broad SMARTS) is 1. The molecule has 1 fully saturated rings. The highest BCUT2D eigenvalue weighted by atomic mass is 16.6. The minimum Gasteiger partial charge on any atom is -0.480 e. The van der Waals surface area contributed by atoms with Crippen molar-refractivity contribution in [1.29, 1.82) is 0 Å². The third-order valence-corrected chi connectivity index (χ3v) is 4.40. The molecule has 9 nitrogen and oxygen atoms in total. The molecule has 2 unspecified atom stereocenters. The molecule has 1 heterocycles. The number of nitrogens with zero attached hydrogens (tertiary/aromatic N) is 1. The van der Waals surface area contributed by atoms with Gasteiger partial charge in [-0.1, -0.05) is 30.3 Å². The van der Waals surface area contributed by atoms with Gasteiger partial charge in [0.2, 0.25) is 0 Å². The van der Waals surface area contributed by atoms with Crippen molar-refractivity contribution in [1.82, 2.24) is 10.2 Å². The van der Waals surface area contributed by atoms with Crippen LogP contribution >= 0.6 is 0 Å². The first-order chi connectivity index (χ1) is 14.2. The monoisotopic (exact) mass is 422 g/mol. The Bertz CT molecular complexity index is 718. The van der Waals surface area contributed by atoms with E-state index >= 15 is 0 Å². The lowest BCUT2D eigenvalue weighted by Crippen LogP contribution is -2.47. The molecule has 0 radical (unpaired) electrons. The molecule has 2 atom stereocenters. The Labute approximate surface area is 176 Å². The van der Waals surface area contributed by atoms with Crippen molar-refractivity contribution < 1.29 is 33.7 Å². The van der Waals surface area contributed by atoms with Crippen LogP contribution in [0.15, 0.2) is 30.3 Å². The second-order valence-electron chi connectivity index (χ2n) is 8.10. The van der Waals surface area contributed by atoms with Crippen molar-refractivity contribution in [3.05, 3.63) is 35.9 Å². The minimum atomic E-state index is -1.25. The number of likely N-dealkylation sites (tertiary alicyclic amines) is 1. The number of benzene rings is 1. The van der Waals surface area contributed by atoms with E-state index in [9.17, 15) is 19.5 Å². The molecule has 0 bridgehead atoms. The normalized spacial score (nSPS) is 17.3. The van der Waals surface area contributed by atoms with Gasteiger partial charge in [-0.3, -0.25) is 0 Å². The zero-order chi connectivity index (χ0) is 22.1. The average molecular weight is 422 g/mol. The Morgan fingerprint density at radius 2 is 1.93 bits per heavy atom. The smallest absolute Gasteiger partial charge is 0.410 e. The molecule has 1 aliphatic heterocycles. The Morgan fingerprint density at radius 3 is 2.57 bits per heavy atom. The van der Waals surface area contributed by atoms with Gasteiger partial charge in [0.1, 0.15) is 12.2 Å². The number of alkyl carbamates (subject to hydrolysis) is 1. The molecule has 9 heteroatoms. The van der Waals surface area contributed by atoms with E-state index in [-0.39, 0.29) is 25.9 Å². The molecule has 1 aliphatic rings. The lowest BCUT2D eigenvalue weighted by molar-refractivity contribution is -0.141.